The van der Waals surface area contributed by atoms with Gasteiger partial charge in [-0.3, -0.25) is 19.1 Å². The fraction of sp³-hybridized carbons (Fsp3) is 0.606. The first kappa shape index (κ1) is 36.1. The van der Waals surface area contributed by atoms with Crippen LogP contribution in [0.5, 0.6) is 5.75 Å². The van der Waals surface area contributed by atoms with E-state index in [1.54, 1.807) is 51.1 Å². The number of carbonyl (C=O) groups is 5. The maximum atomic E-state index is 14.2. The molecule has 2 aliphatic carbocycles. The van der Waals surface area contributed by atoms with E-state index in [-0.39, 0.29) is 50.3 Å². The highest BCUT2D eigenvalue weighted by Gasteiger charge is 2.62. The van der Waals surface area contributed by atoms with Crippen molar-refractivity contribution >= 4 is 39.8 Å². The molecule has 4 amide bonds. The van der Waals surface area contributed by atoms with E-state index < -0.39 is 80.3 Å². The summed E-state index contributed by atoms with van der Waals surface area (Å²) in [6, 6.07) is 4.08. The van der Waals surface area contributed by atoms with Crippen LogP contribution in [0.1, 0.15) is 69.7 Å². The van der Waals surface area contributed by atoms with Gasteiger partial charge in [0.25, 0.3) is 5.91 Å². The van der Waals surface area contributed by atoms with Crippen molar-refractivity contribution in [1.29, 1.82) is 0 Å². The first-order chi connectivity index (χ1) is 23.1. The zero-order chi connectivity index (χ0) is 35.6. The first-order valence-electron chi connectivity index (χ1n) is 16.4. The van der Waals surface area contributed by atoms with Gasteiger partial charge < -0.3 is 34.5 Å². The topological polar surface area (TPSA) is 196 Å². The zero-order valence-electron chi connectivity index (χ0n) is 28.1. The molecule has 15 nitrogen and oxygen atoms in total. The van der Waals surface area contributed by atoms with E-state index in [1.165, 1.54) is 18.1 Å². The Morgan fingerprint density at radius 1 is 1.10 bits per heavy atom. The Bertz CT molecular complexity index is 1600. The van der Waals surface area contributed by atoms with E-state index in [9.17, 15) is 32.4 Å². The molecule has 4 aliphatic rings. The van der Waals surface area contributed by atoms with Gasteiger partial charge in [0.1, 0.15) is 40.6 Å². The van der Waals surface area contributed by atoms with Crippen LogP contribution in [0.3, 0.4) is 0 Å². The van der Waals surface area contributed by atoms with E-state index in [2.05, 4.69) is 15.4 Å². The second-order valence-electron chi connectivity index (χ2n) is 13.8. The molecule has 49 heavy (non-hydrogen) atoms. The molecule has 5 unspecified atom stereocenters. The molecule has 0 aromatic heterocycles. The Morgan fingerprint density at radius 2 is 1.84 bits per heavy atom. The van der Waals surface area contributed by atoms with Crippen LogP contribution in [0.2, 0.25) is 0 Å². The average molecular weight is 705 g/mol. The quantitative estimate of drug-likeness (QED) is 0.275. The molecule has 268 valence electrons. The van der Waals surface area contributed by atoms with Crippen molar-refractivity contribution in [1.82, 2.24) is 20.3 Å². The van der Waals surface area contributed by atoms with Gasteiger partial charge in [0.15, 0.2) is 0 Å². The molecule has 1 saturated heterocycles. The Morgan fingerprint density at radius 3 is 2.53 bits per heavy atom. The predicted octanol–water partition coefficient (Wildman–Crippen LogP) is 1.56. The van der Waals surface area contributed by atoms with Gasteiger partial charge in [-0.15, -0.1) is 0 Å². The summed E-state index contributed by atoms with van der Waals surface area (Å²) in [5.74, 6) is -3.22. The summed E-state index contributed by atoms with van der Waals surface area (Å²) >= 11 is 0. The Hall–Kier alpha value is -4.18. The first-order valence-corrected chi connectivity index (χ1v) is 17.9. The van der Waals surface area contributed by atoms with Crippen LogP contribution in [-0.2, 0) is 38.6 Å². The van der Waals surface area contributed by atoms with Crippen molar-refractivity contribution in [2.24, 2.45) is 5.92 Å². The SMILES string of the molecule is COc1ccccc1C(=O)OC1CC2C(=O)NC3(C(=O)NS(=O)(=O)C4CC4)CC3/C=C\COCCCC(NC(=O)OC(C)(C)C)C(=O)N2C1. The molecule has 3 fully saturated rings. The number of carbonyl (C=O) groups excluding carboxylic acids is 5. The van der Waals surface area contributed by atoms with Crippen LogP contribution in [0.25, 0.3) is 0 Å². The maximum Gasteiger partial charge on any atom is 0.408 e. The highest BCUT2D eigenvalue weighted by atomic mass is 32.2. The summed E-state index contributed by atoms with van der Waals surface area (Å²) < 4.78 is 49.7. The normalized spacial score (nSPS) is 28.4. The number of hydrogen-bond donors (Lipinski definition) is 3. The molecule has 16 heteroatoms. The van der Waals surface area contributed by atoms with Crippen molar-refractivity contribution in [3.05, 3.63) is 42.0 Å². The summed E-state index contributed by atoms with van der Waals surface area (Å²) in [6.45, 7) is 5.26. The van der Waals surface area contributed by atoms with Crippen LogP contribution in [0.15, 0.2) is 36.4 Å². The molecule has 3 N–H and O–H groups in total. The number of fused-ring (bicyclic) bond motifs is 2. The lowest BCUT2D eigenvalue weighted by Crippen LogP contribution is -2.58. The number of sulfonamides is 1. The third-order valence-electron chi connectivity index (χ3n) is 8.77. The second kappa shape index (κ2) is 14.4. The zero-order valence-corrected chi connectivity index (χ0v) is 28.9. The highest BCUT2D eigenvalue weighted by Crippen LogP contribution is 2.46. The Labute approximate surface area is 285 Å². The fourth-order valence-electron chi connectivity index (χ4n) is 6.04. The van der Waals surface area contributed by atoms with Crippen molar-refractivity contribution < 1.29 is 51.3 Å². The third kappa shape index (κ3) is 8.71. The lowest BCUT2D eigenvalue weighted by Gasteiger charge is -2.30. The van der Waals surface area contributed by atoms with Gasteiger partial charge in [-0.25, -0.2) is 18.0 Å². The smallest absolute Gasteiger partial charge is 0.408 e. The van der Waals surface area contributed by atoms with Gasteiger partial charge in [-0.1, -0.05) is 24.3 Å². The summed E-state index contributed by atoms with van der Waals surface area (Å²) in [4.78, 5) is 69.1. The molecular formula is C33H44N4O11S. The molecular weight excluding hydrogens is 660 g/mol. The van der Waals surface area contributed by atoms with E-state index in [0.717, 1.165) is 0 Å². The number of nitrogens with one attached hydrogen (secondary N) is 3. The summed E-state index contributed by atoms with van der Waals surface area (Å²) in [5, 5.41) is 4.70. The maximum absolute atomic E-state index is 14.2. The van der Waals surface area contributed by atoms with Crippen LogP contribution >= 0.6 is 0 Å². The highest BCUT2D eigenvalue weighted by molar-refractivity contribution is 7.91. The number of ether oxygens (including phenoxy) is 4. The average Bonchev–Trinajstić information content (AvgIpc) is 3.95. The van der Waals surface area contributed by atoms with Gasteiger partial charge in [-0.2, -0.15) is 0 Å². The van der Waals surface area contributed by atoms with Crippen LogP contribution in [0, 0.1) is 5.92 Å². The van der Waals surface area contributed by atoms with Crippen LogP contribution in [-0.4, -0.2) is 105 Å². The number of hydrogen-bond acceptors (Lipinski definition) is 11. The molecule has 0 spiro atoms. The molecule has 2 saturated carbocycles. The molecule has 1 aromatic rings. The number of nitrogens with zero attached hydrogens (tertiary/aromatic N) is 1. The molecule has 2 heterocycles. The molecule has 1 aromatic carbocycles. The van der Waals surface area contributed by atoms with Crippen LogP contribution in [0.4, 0.5) is 4.79 Å². The van der Waals surface area contributed by atoms with Gasteiger partial charge >= 0.3 is 12.1 Å². The fourth-order valence-corrected chi connectivity index (χ4v) is 7.40. The Kier molecular flexibility index (Phi) is 10.6. The van der Waals surface area contributed by atoms with E-state index in [4.69, 9.17) is 18.9 Å². The number of amides is 4. The number of alkyl carbamates (subject to hydrolysis) is 1. The Balaban J connectivity index is 1.43. The van der Waals surface area contributed by atoms with Crippen molar-refractivity contribution in [3.8, 4) is 5.75 Å². The predicted molar refractivity (Wildman–Crippen MR) is 174 cm³/mol. The minimum absolute atomic E-state index is 0.122. The number of methoxy groups -OCH3 is 1. The largest absolute Gasteiger partial charge is 0.496 e. The lowest BCUT2D eigenvalue weighted by atomic mass is 10.1. The summed E-state index contributed by atoms with van der Waals surface area (Å²) in [5.41, 5.74) is -2.29. The monoisotopic (exact) mass is 704 g/mol. The van der Waals surface area contributed by atoms with Gasteiger partial charge in [0.2, 0.25) is 21.8 Å². The van der Waals surface area contributed by atoms with Crippen molar-refractivity contribution in [3.63, 3.8) is 0 Å². The number of rotatable bonds is 7. The molecule has 0 bridgehead atoms. The second-order valence-corrected chi connectivity index (χ2v) is 15.7. The van der Waals surface area contributed by atoms with E-state index >= 15 is 0 Å². The van der Waals surface area contributed by atoms with Gasteiger partial charge in [0.05, 0.1) is 25.5 Å². The molecule has 2 aliphatic heterocycles. The molecule has 5 atom stereocenters. The van der Waals surface area contributed by atoms with Crippen molar-refractivity contribution in [2.75, 3.05) is 26.9 Å². The minimum atomic E-state index is -3.93. The minimum Gasteiger partial charge on any atom is -0.496 e. The number of esters is 1. The number of benzene rings is 1. The number of para-hydroxylation sites is 1. The summed E-state index contributed by atoms with van der Waals surface area (Å²) in [7, 11) is -2.52. The third-order valence-corrected chi connectivity index (χ3v) is 10.6. The summed E-state index contributed by atoms with van der Waals surface area (Å²) in [6.07, 6.45) is 3.00. The van der Waals surface area contributed by atoms with E-state index in [1.807, 2.05) is 0 Å². The van der Waals surface area contributed by atoms with Gasteiger partial charge in [-0.05, 0) is 65.0 Å². The van der Waals surface area contributed by atoms with Crippen LogP contribution < -0.4 is 20.1 Å². The standard InChI is InChI=1S/C33H44N4O11S/c1-32(2,3)48-31(42)34-24-11-8-16-46-15-7-9-20-18-33(20,30(41)36-49(43,44)22-13-14-22)35-27(38)25-17-21(19-37(25)28(24)39)47-29(40)23-10-5-6-12-26(23)45-4/h5-7,9-10,12,20-22,24-25H,8,11,13-19H2,1-4H3,(H,34,42)(H,35,38)(H,36,41)/b9-7-. The van der Waals surface area contributed by atoms with E-state index in [0.29, 0.717) is 19.3 Å². The van der Waals surface area contributed by atoms with Gasteiger partial charge in [0, 0.05) is 18.9 Å². The van der Waals surface area contributed by atoms with Crippen molar-refractivity contribution in [2.45, 2.75) is 93.9 Å². The lowest BCUT2D eigenvalue weighted by molar-refractivity contribution is -0.141. The molecule has 5 rings (SSSR count). The molecule has 0 radical (unpaired) electrons.